The zero-order valence-electron chi connectivity index (χ0n) is 16.6. The topological polar surface area (TPSA) is 62.0 Å². The zero-order valence-corrected chi connectivity index (χ0v) is 17.4. The van der Waals surface area contributed by atoms with E-state index in [0.29, 0.717) is 11.4 Å². The summed E-state index contributed by atoms with van der Waals surface area (Å²) in [6, 6.07) is 15.6. The highest BCUT2D eigenvalue weighted by molar-refractivity contribution is 7.89. The van der Waals surface area contributed by atoms with Crippen molar-refractivity contribution in [3.63, 3.8) is 0 Å². The summed E-state index contributed by atoms with van der Waals surface area (Å²) in [4.78, 5) is 3.63. The maximum atomic E-state index is 12.5. The van der Waals surface area contributed by atoms with E-state index in [2.05, 4.69) is 35.0 Å². The predicted octanol–water partition coefficient (Wildman–Crippen LogP) is 5.20. The summed E-state index contributed by atoms with van der Waals surface area (Å²) < 4.78 is 27.6. The van der Waals surface area contributed by atoms with Gasteiger partial charge in [0.05, 0.1) is 4.90 Å². The molecule has 3 aromatic rings. The van der Waals surface area contributed by atoms with Crippen molar-refractivity contribution in [2.75, 3.05) is 6.54 Å². The molecule has 0 saturated heterocycles. The normalized spacial score (nSPS) is 11.9. The molecule has 0 atom stereocenters. The number of nitrogens with one attached hydrogen (secondary N) is 2. The van der Waals surface area contributed by atoms with Crippen LogP contribution in [0.3, 0.4) is 0 Å². The number of rotatable bonds is 11. The van der Waals surface area contributed by atoms with E-state index in [0.717, 1.165) is 37.6 Å². The van der Waals surface area contributed by atoms with Crippen molar-refractivity contribution in [1.29, 1.82) is 0 Å². The lowest BCUT2D eigenvalue weighted by atomic mass is 10.1. The van der Waals surface area contributed by atoms with Gasteiger partial charge in [0.15, 0.2) is 0 Å². The fourth-order valence-electron chi connectivity index (χ4n) is 3.48. The summed E-state index contributed by atoms with van der Waals surface area (Å²) in [6.45, 7) is 2.64. The number of hydrogen-bond acceptors (Lipinski definition) is 2. The van der Waals surface area contributed by atoms with Gasteiger partial charge in [-0.1, -0.05) is 50.1 Å². The van der Waals surface area contributed by atoms with Crippen LogP contribution in [0.15, 0.2) is 59.6 Å². The van der Waals surface area contributed by atoms with E-state index in [4.69, 9.17) is 0 Å². The molecule has 0 fully saturated rings. The lowest BCUT2D eigenvalue weighted by Crippen LogP contribution is -2.24. The average molecular weight is 399 g/mol. The third kappa shape index (κ3) is 5.46. The van der Waals surface area contributed by atoms with Crippen molar-refractivity contribution in [2.45, 2.75) is 56.8 Å². The van der Waals surface area contributed by atoms with Gasteiger partial charge in [0.1, 0.15) is 0 Å². The van der Waals surface area contributed by atoms with E-state index in [-0.39, 0.29) is 0 Å². The Kier molecular flexibility index (Phi) is 7.29. The largest absolute Gasteiger partial charge is 0.361 e. The molecule has 28 heavy (non-hydrogen) atoms. The van der Waals surface area contributed by atoms with Crippen molar-refractivity contribution in [1.82, 2.24) is 9.71 Å². The number of hydrogen-bond donors (Lipinski definition) is 2. The summed E-state index contributed by atoms with van der Waals surface area (Å²) in [7, 11) is -3.43. The van der Waals surface area contributed by atoms with Gasteiger partial charge in [0, 0.05) is 23.6 Å². The Hall–Kier alpha value is -2.11. The van der Waals surface area contributed by atoms with Crippen LogP contribution in [-0.4, -0.2) is 19.9 Å². The van der Waals surface area contributed by atoms with Crippen LogP contribution in [0.25, 0.3) is 10.9 Å². The second kappa shape index (κ2) is 9.89. The number of sulfonamides is 1. The summed E-state index contributed by atoms with van der Waals surface area (Å²) >= 11 is 0. The Morgan fingerprint density at radius 1 is 0.893 bits per heavy atom. The number of aryl methyl sites for hydroxylation is 2. The van der Waals surface area contributed by atoms with Crippen LogP contribution >= 0.6 is 0 Å². The highest BCUT2D eigenvalue weighted by Gasteiger charge is 2.13. The molecule has 150 valence electrons. The second-order valence-corrected chi connectivity index (χ2v) is 9.08. The fourth-order valence-corrected chi connectivity index (χ4v) is 4.56. The number of unbranched alkanes of at least 4 members (excludes halogenated alkanes) is 3. The van der Waals surface area contributed by atoms with E-state index >= 15 is 0 Å². The third-order valence-corrected chi connectivity index (χ3v) is 6.62. The molecule has 0 unspecified atom stereocenters. The first kappa shape index (κ1) is 20.6. The number of aromatic nitrogens is 1. The Labute approximate surface area is 168 Å². The highest BCUT2D eigenvalue weighted by Crippen LogP contribution is 2.19. The molecular weight excluding hydrogens is 368 g/mol. The molecule has 0 bridgehead atoms. The van der Waals surface area contributed by atoms with Gasteiger partial charge in [0.25, 0.3) is 0 Å². The van der Waals surface area contributed by atoms with Crippen LogP contribution < -0.4 is 4.72 Å². The standard InChI is InChI=1S/C23H30N2O2S/c1-2-3-4-9-19-13-15-21(16-14-19)28(26,27)25-17-8-7-10-20-18-24-23-12-6-5-11-22(20)23/h5-6,11-16,18,24-25H,2-4,7-10,17H2,1H3. The van der Waals surface area contributed by atoms with Crippen molar-refractivity contribution in [2.24, 2.45) is 0 Å². The fraction of sp³-hybridized carbons (Fsp3) is 0.391. The summed E-state index contributed by atoms with van der Waals surface area (Å²) in [5, 5.41) is 1.25. The maximum absolute atomic E-state index is 12.5. The van der Waals surface area contributed by atoms with Crippen LogP contribution in [0.1, 0.15) is 50.2 Å². The Morgan fingerprint density at radius 3 is 2.43 bits per heavy atom. The van der Waals surface area contributed by atoms with E-state index in [1.165, 1.54) is 29.4 Å². The molecule has 0 amide bonds. The van der Waals surface area contributed by atoms with Gasteiger partial charge >= 0.3 is 0 Å². The molecule has 2 N–H and O–H groups in total. The predicted molar refractivity (Wildman–Crippen MR) is 116 cm³/mol. The molecule has 0 saturated carbocycles. The highest BCUT2D eigenvalue weighted by atomic mass is 32.2. The average Bonchev–Trinajstić information content (AvgIpc) is 3.11. The van der Waals surface area contributed by atoms with Gasteiger partial charge in [0.2, 0.25) is 10.0 Å². The molecule has 1 aromatic heterocycles. The van der Waals surface area contributed by atoms with Crippen molar-refractivity contribution < 1.29 is 8.42 Å². The minimum absolute atomic E-state index is 0.350. The van der Waals surface area contributed by atoms with Crippen LogP contribution in [0.5, 0.6) is 0 Å². The molecule has 0 aliphatic carbocycles. The van der Waals surface area contributed by atoms with Gasteiger partial charge in [-0.15, -0.1) is 0 Å². The lowest BCUT2D eigenvalue weighted by Gasteiger charge is -2.08. The van der Waals surface area contributed by atoms with Gasteiger partial charge in [-0.05, 0) is 61.4 Å². The second-order valence-electron chi connectivity index (χ2n) is 7.32. The first-order valence-corrected chi connectivity index (χ1v) is 11.7. The smallest absolute Gasteiger partial charge is 0.240 e. The summed E-state index contributed by atoms with van der Waals surface area (Å²) in [6.07, 6.45) is 9.31. The molecular formula is C23H30N2O2S. The summed E-state index contributed by atoms with van der Waals surface area (Å²) in [5.74, 6) is 0. The minimum atomic E-state index is -3.43. The van der Waals surface area contributed by atoms with Crippen LogP contribution in [0.4, 0.5) is 0 Å². The molecule has 0 spiro atoms. The van der Waals surface area contributed by atoms with Crippen LogP contribution in [0.2, 0.25) is 0 Å². The molecule has 3 rings (SSSR count). The lowest BCUT2D eigenvalue weighted by molar-refractivity contribution is 0.576. The maximum Gasteiger partial charge on any atom is 0.240 e. The molecule has 0 aliphatic heterocycles. The molecule has 0 radical (unpaired) electrons. The van der Waals surface area contributed by atoms with Crippen molar-refractivity contribution in [3.8, 4) is 0 Å². The van der Waals surface area contributed by atoms with Crippen LogP contribution in [-0.2, 0) is 22.9 Å². The molecule has 4 nitrogen and oxygen atoms in total. The molecule has 5 heteroatoms. The number of H-pyrrole nitrogens is 1. The number of aromatic amines is 1. The number of fused-ring (bicyclic) bond motifs is 1. The SMILES string of the molecule is CCCCCc1ccc(S(=O)(=O)NCCCCc2c[nH]c3ccccc23)cc1. The third-order valence-electron chi connectivity index (χ3n) is 5.14. The minimum Gasteiger partial charge on any atom is -0.361 e. The Morgan fingerprint density at radius 2 is 1.64 bits per heavy atom. The van der Waals surface area contributed by atoms with E-state index in [9.17, 15) is 8.42 Å². The first-order chi connectivity index (χ1) is 13.6. The zero-order chi connectivity index (χ0) is 19.8. The Bertz CT molecular complexity index is 975. The summed E-state index contributed by atoms with van der Waals surface area (Å²) in [5.41, 5.74) is 3.64. The molecule has 1 heterocycles. The van der Waals surface area contributed by atoms with E-state index in [1.54, 1.807) is 12.1 Å². The Balaban J connectivity index is 1.44. The van der Waals surface area contributed by atoms with E-state index < -0.39 is 10.0 Å². The quantitative estimate of drug-likeness (QED) is 0.436. The molecule has 0 aliphatic rings. The van der Waals surface area contributed by atoms with Crippen LogP contribution in [0, 0.1) is 0 Å². The van der Waals surface area contributed by atoms with Gasteiger partial charge < -0.3 is 4.98 Å². The van der Waals surface area contributed by atoms with Gasteiger partial charge in [-0.2, -0.15) is 0 Å². The van der Waals surface area contributed by atoms with Crippen molar-refractivity contribution >= 4 is 20.9 Å². The van der Waals surface area contributed by atoms with E-state index in [1.807, 2.05) is 24.3 Å². The van der Waals surface area contributed by atoms with Gasteiger partial charge in [-0.3, -0.25) is 0 Å². The van der Waals surface area contributed by atoms with Crippen molar-refractivity contribution in [3.05, 3.63) is 65.9 Å². The monoisotopic (exact) mass is 398 g/mol. The van der Waals surface area contributed by atoms with Gasteiger partial charge in [-0.25, -0.2) is 13.1 Å². The first-order valence-electron chi connectivity index (χ1n) is 10.2. The molecule has 2 aromatic carbocycles. The number of para-hydroxylation sites is 1. The number of benzene rings is 2.